The lowest BCUT2D eigenvalue weighted by atomic mass is 10.0. The molecule has 0 radical (unpaired) electrons. The molecule has 2 atom stereocenters. The molecule has 334 valence electrons. The number of phenolic OH excluding ortho intramolecular Hbond substituents is 1. The predicted octanol–water partition coefficient (Wildman–Crippen LogP) is 5.33. The molecule has 3 aromatic rings. The molecule has 62 heavy (non-hydrogen) atoms. The molecular formula is C39H49N9O14. The number of rotatable bonds is 28. The number of nitrogens with zero attached hydrogens (tertiary/aromatic N) is 5. The lowest BCUT2D eigenvalue weighted by Gasteiger charge is -2.31. The number of aliphatic carboxylic acids is 1. The Kier molecular flexibility index (Phi) is 19.5. The van der Waals surface area contributed by atoms with Crippen LogP contribution >= 0.6 is 0 Å². The van der Waals surface area contributed by atoms with Crippen LogP contribution in [-0.2, 0) is 25.6 Å². The molecule has 0 fully saturated rings. The molecule has 0 spiro atoms. The summed E-state index contributed by atoms with van der Waals surface area (Å²) >= 11 is 0. The smallest absolute Gasteiger partial charge is 0.326 e. The Balaban J connectivity index is 1.69. The van der Waals surface area contributed by atoms with Crippen molar-refractivity contribution in [2.75, 3.05) is 30.3 Å². The van der Waals surface area contributed by atoms with E-state index in [1.807, 2.05) is 0 Å². The maximum atomic E-state index is 14.4. The van der Waals surface area contributed by atoms with Gasteiger partial charge in [-0.15, -0.1) is 0 Å². The Morgan fingerprint density at radius 3 is 1.65 bits per heavy atom. The summed E-state index contributed by atoms with van der Waals surface area (Å²) in [6, 6.07) is 9.13. The average molecular weight is 868 g/mol. The fourth-order valence-corrected chi connectivity index (χ4v) is 6.40. The zero-order valence-corrected chi connectivity index (χ0v) is 33.6. The number of aromatic hydroxyl groups is 1. The van der Waals surface area contributed by atoms with Crippen molar-refractivity contribution in [3.63, 3.8) is 0 Å². The largest absolute Gasteiger partial charge is 0.508 e. The maximum absolute atomic E-state index is 14.4. The first kappa shape index (κ1) is 49.1. The highest BCUT2D eigenvalue weighted by atomic mass is 16.6. The Hall–Kier alpha value is -7.30. The van der Waals surface area contributed by atoms with Gasteiger partial charge in [0.15, 0.2) is 0 Å². The summed E-state index contributed by atoms with van der Waals surface area (Å²) in [6.45, 7) is 0.655. The summed E-state index contributed by atoms with van der Waals surface area (Å²) in [4.78, 5) is 96.8. The van der Waals surface area contributed by atoms with Gasteiger partial charge in [0, 0.05) is 44.5 Å². The Bertz CT molecular complexity index is 2080. The number of carbonyl (C=O) groups excluding carboxylic acids is 3. The number of non-ortho nitro benzene ring substituents is 2. The first-order valence-corrected chi connectivity index (χ1v) is 19.7. The van der Waals surface area contributed by atoms with E-state index in [1.54, 1.807) is 0 Å². The molecule has 0 saturated heterocycles. The first-order valence-electron chi connectivity index (χ1n) is 19.7. The fraction of sp³-hybridized carbons (Fsp3) is 0.436. The van der Waals surface area contributed by atoms with Crippen molar-refractivity contribution < 1.29 is 49.1 Å². The number of carbonyl (C=O) groups is 4. The molecular weight excluding hydrogens is 818 g/mol. The van der Waals surface area contributed by atoms with Crippen LogP contribution in [0.5, 0.6) is 5.75 Å². The standard InChI is InChI=1S/C39H49N9O14/c40-20-6-5-9-33(39(53)54)44(37(51)11-4-2-8-22-42-31-19-15-28(46(57)58)25-35(31)48(61)62)38(52)32(23-26-12-16-29(49)17-13-26)43-36(50)10-3-1-7-21-41-30-18-14-27(45(55)56)24-34(30)47(59)60/h12-19,24-25,32-33,41-42,49H,1-11,20-23,40H2,(H,43,50)(H,53,54)/t32-,33-/m0/s1. The monoisotopic (exact) mass is 867 g/mol. The summed E-state index contributed by atoms with van der Waals surface area (Å²) in [6.07, 6.45) is 2.18. The van der Waals surface area contributed by atoms with Crippen molar-refractivity contribution in [2.45, 2.75) is 89.1 Å². The molecule has 0 saturated carbocycles. The predicted molar refractivity (Wildman–Crippen MR) is 223 cm³/mol. The first-order chi connectivity index (χ1) is 29.5. The Labute approximate surface area is 354 Å². The number of imide groups is 1. The topological polar surface area (TPSA) is 347 Å². The minimum atomic E-state index is -1.59. The van der Waals surface area contributed by atoms with E-state index in [2.05, 4.69) is 16.0 Å². The zero-order chi connectivity index (χ0) is 45.8. The van der Waals surface area contributed by atoms with Crippen LogP contribution in [-0.4, -0.2) is 90.2 Å². The van der Waals surface area contributed by atoms with E-state index < -0.39 is 78.2 Å². The van der Waals surface area contributed by atoms with Crippen molar-refractivity contribution in [1.82, 2.24) is 10.2 Å². The maximum Gasteiger partial charge on any atom is 0.326 e. The molecule has 23 nitrogen and oxygen atoms in total. The molecule has 0 aliphatic heterocycles. The van der Waals surface area contributed by atoms with Gasteiger partial charge in [0.1, 0.15) is 29.2 Å². The van der Waals surface area contributed by atoms with Crippen LogP contribution in [0.15, 0.2) is 60.7 Å². The number of nitrogens with two attached hydrogens (primary N) is 1. The van der Waals surface area contributed by atoms with Gasteiger partial charge in [-0.05, 0) is 81.3 Å². The van der Waals surface area contributed by atoms with E-state index in [0.717, 1.165) is 24.3 Å². The van der Waals surface area contributed by atoms with Gasteiger partial charge in [0.05, 0.1) is 31.8 Å². The summed E-state index contributed by atoms with van der Waals surface area (Å²) in [5.74, 6) is -3.86. The third kappa shape index (κ3) is 15.4. The minimum absolute atomic E-state index is 0.0573. The fourth-order valence-electron chi connectivity index (χ4n) is 6.40. The van der Waals surface area contributed by atoms with E-state index in [9.17, 15) is 69.8 Å². The van der Waals surface area contributed by atoms with Gasteiger partial charge in [0.2, 0.25) is 11.8 Å². The van der Waals surface area contributed by atoms with Crippen LogP contribution in [0.4, 0.5) is 34.1 Å². The van der Waals surface area contributed by atoms with Crippen LogP contribution in [0.3, 0.4) is 0 Å². The third-order valence-electron chi connectivity index (χ3n) is 9.60. The van der Waals surface area contributed by atoms with Crippen molar-refractivity contribution in [2.24, 2.45) is 5.73 Å². The molecule has 0 aliphatic carbocycles. The Morgan fingerprint density at radius 1 is 0.661 bits per heavy atom. The number of nitro benzene ring substituents is 4. The van der Waals surface area contributed by atoms with Crippen LogP contribution in [0, 0.1) is 40.5 Å². The summed E-state index contributed by atoms with van der Waals surface area (Å²) in [5, 5.41) is 73.4. The number of nitrogens with one attached hydrogen (secondary N) is 3. The van der Waals surface area contributed by atoms with Gasteiger partial charge >= 0.3 is 5.97 Å². The Morgan fingerprint density at radius 2 is 1.18 bits per heavy atom. The number of hydrogen-bond acceptors (Lipinski definition) is 16. The molecule has 7 N–H and O–H groups in total. The van der Waals surface area contributed by atoms with Crippen molar-refractivity contribution in [3.05, 3.63) is 107 Å². The van der Waals surface area contributed by atoms with Gasteiger partial charge in [-0.3, -0.25) is 59.7 Å². The van der Waals surface area contributed by atoms with Crippen molar-refractivity contribution in [3.8, 4) is 5.75 Å². The zero-order valence-electron chi connectivity index (χ0n) is 33.6. The number of amides is 3. The van der Waals surface area contributed by atoms with Crippen molar-refractivity contribution in [1.29, 1.82) is 0 Å². The lowest BCUT2D eigenvalue weighted by molar-refractivity contribution is -0.393. The molecule has 0 heterocycles. The number of phenols is 1. The number of carboxylic acids is 1. The number of benzene rings is 3. The molecule has 3 amide bonds. The van der Waals surface area contributed by atoms with Gasteiger partial charge in [-0.25, -0.2) is 4.79 Å². The summed E-state index contributed by atoms with van der Waals surface area (Å²) < 4.78 is 0. The molecule has 0 unspecified atom stereocenters. The molecule has 3 aromatic carbocycles. The SMILES string of the molecule is NCCCC[C@@H](C(=O)O)N(C(=O)CCCCCNc1ccc([N+](=O)[O-])cc1[N+](=O)[O-])C(=O)[C@H](Cc1ccc(O)cc1)NC(=O)CCCCCNc1ccc([N+](=O)[O-])cc1[N+](=O)[O-]. The van der Waals surface area contributed by atoms with Crippen LogP contribution < -0.4 is 21.7 Å². The van der Waals surface area contributed by atoms with Crippen LogP contribution in [0.1, 0.15) is 76.2 Å². The second-order valence-corrected chi connectivity index (χ2v) is 14.1. The minimum Gasteiger partial charge on any atom is -0.508 e. The highest BCUT2D eigenvalue weighted by Gasteiger charge is 2.38. The van der Waals surface area contributed by atoms with Gasteiger partial charge < -0.3 is 31.9 Å². The number of nitro groups is 4. The van der Waals surface area contributed by atoms with E-state index >= 15 is 0 Å². The molecule has 0 aliphatic rings. The van der Waals surface area contributed by atoms with Crippen LogP contribution in [0.25, 0.3) is 0 Å². The lowest BCUT2D eigenvalue weighted by Crippen LogP contribution is -2.56. The summed E-state index contributed by atoms with van der Waals surface area (Å²) in [5.41, 5.74) is 4.40. The van der Waals surface area contributed by atoms with Crippen molar-refractivity contribution >= 4 is 57.8 Å². The van der Waals surface area contributed by atoms with Crippen LogP contribution in [0.2, 0.25) is 0 Å². The number of carboxylic acid groups (broad SMARTS) is 1. The third-order valence-corrected chi connectivity index (χ3v) is 9.60. The average Bonchev–Trinajstić information content (AvgIpc) is 3.23. The molecule has 3 rings (SSSR count). The number of unbranched alkanes of at least 4 members (excludes halogenated alkanes) is 5. The highest BCUT2D eigenvalue weighted by molar-refractivity contribution is 6.02. The quantitative estimate of drug-likeness (QED) is 0.0305. The molecule has 0 bridgehead atoms. The van der Waals surface area contributed by atoms with Gasteiger partial charge in [-0.1, -0.05) is 25.0 Å². The van der Waals surface area contributed by atoms with E-state index in [1.165, 1.54) is 36.4 Å². The summed E-state index contributed by atoms with van der Waals surface area (Å²) in [7, 11) is 0. The van der Waals surface area contributed by atoms with Gasteiger partial charge in [0.25, 0.3) is 28.7 Å². The van der Waals surface area contributed by atoms with Gasteiger partial charge in [-0.2, -0.15) is 0 Å². The highest BCUT2D eigenvalue weighted by Crippen LogP contribution is 2.30. The van der Waals surface area contributed by atoms with E-state index in [0.29, 0.717) is 49.0 Å². The second-order valence-electron chi connectivity index (χ2n) is 14.1. The van der Waals surface area contributed by atoms with E-state index in [4.69, 9.17) is 5.73 Å². The second kappa shape index (κ2) is 24.7. The number of hydrogen-bond donors (Lipinski definition) is 6. The van der Waals surface area contributed by atoms with E-state index in [-0.39, 0.29) is 75.3 Å². The molecule has 23 heteroatoms. The molecule has 0 aromatic heterocycles. The normalized spacial score (nSPS) is 11.8. The number of anilines is 2.